The Balaban J connectivity index is 2.48. The van der Waals surface area contributed by atoms with Crippen LogP contribution in [0.1, 0.15) is 31.4 Å². The molecule has 1 unspecified atom stereocenters. The van der Waals surface area contributed by atoms with Gasteiger partial charge in [0.15, 0.2) is 0 Å². The average Bonchev–Trinajstić information content (AvgIpc) is 2.27. The van der Waals surface area contributed by atoms with Gasteiger partial charge >= 0.3 is 5.97 Å². The van der Waals surface area contributed by atoms with E-state index in [2.05, 4.69) is 0 Å². The second-order valence-corrected chi connectivity index (χ2v) is 3.93. The van der Waals surface area contributed by atoms with Crippen LogP contribution in [0.2, 0.25) is 5.02 Å². The van der Waals surface area contributed by atoms with Crippen LogP contribution in [-0.2, 0) is 9.53 Å². The first-order chi connectivity index (χ1) is 7.63. The standard InChI is InChI=1S/C12H15ClO3/c1-2-7-16-12(15)8-11(14)9-3-5-10(13)6-4-9/h3-6,11,14H,2,7-8H2,1H3. The van der Waals surface area contributed by atoms with Crippen LogP contribution in [0.3, 0.4) is 0 Å². The van der Waals surface area contributed by atoms with Crippen molar-refractivity contribution in [2.24, 2.45) is 0 Å². The number of halogens is 1. The van der Waals surface area contributed by atoms with Crippen LogP contribution in [0.25, 0.3) is 0 Å². The van der Waals surface area contributed by atoms with E-state index in [4.69, 9.17) is 16.3 Å². The minimum Gasteiger partial charge on any atom is -0.466 e. The number of ether oxygens (including phenoxy) is 1. The third-order valence-electron chi connectivity index (χ3n) is 2.08. The lowest BCUT2D eigenvalue weighted by Crippen LogP contribution is -2.10. The molecule has 0 spiro atoms. The molecule has 4 heteroatoms. The number of aliphatic hydroxyl groups excluding tert-OH is 1. The number of benzene rings is 1. The minimum absolute atomic E-state index is 0.0262. The quantitative estimate of drug-likeness (QED) is 0.808. The van der Waals surface area contributed by atoms with Crippen molar-refractivity contribution in [1.29, 1.82) is 0 Å². The number of aliphatic hydroxyl groups is 1. The summed E-state index contributed by atoms with van der Waals surface area (Å²) in [5.41, 5.74) is 0.665. The van der Waals surface area contributed by atoms with Crippen molar-refractivity contribution in [1.82, 2.24) is 0 Å². The molecule has 0 heterocycles. The maximum Gasteiger partial charge on any atom is 0.308 e. The number of carbonyl (C=O) groups is 1. The summed E-state index contributed by atoms with van der Waals surface area (Å²) < 4.78 is 4.88. The molecule has 0 aromatic heterocycles. The van der Waals surface area contributed by atoms with Gasteiger partial charge in [-0.1, -0.05) is 30.7 Å². The van der Waals surface area contributed by atoms with Crippen LogP contribution in [-0.4, -0.2) is 17.7 Å². The SMILES string of the molecule is CCCOC(=O)CC(O)c1ccc(Cl)cc1. The van der Waals surface area contributed by atoms with Gasteiger partial charge < -0.3 is 9.84 Å². The number of hydrogen-bond donors (Lipinski definition) is 1. The van der Waals surface area contributed by atoms with E-state index in [1.54, 1.807) is 24.3 Å². The number of rotatable bonds is 5. The first kappa shape index (κ1) is 13.0. The Labute approximate surface area is 100.0 Å². The second-order valence-electron chi connectivity index (χ2n) is 3.49. The van der Waals surface area contributed by atoms with E-state index in [1.165, 1.54) is 0 Å². The van der Waals surface area contributed by atoms with Crippen molar-refractivity contribution >= 4 is 17.6 Å². The lowest BCUT2D eigenvalue weighted by Gasteiger charge is -2.10. The van der Waals surface area contributed by atoms with Crippen molar-refractivity contribution < 1.29 is 14.6 Å². The Morgan fingerprint density at radius 3 is 2.62 bits per heavy atom. The molecule has 0 bridgehead atoms. The molecule has 0 aliphatic heterocycles. The number of carbonyl (C=O) groups excluding carboxylic acids is 1. The van der Waals surface area contributed by atoms with Gasteiger partial charge in [-0.25, -0.2) is 0 Å². The Kier molecular flexibility index (Phi) is 5.29. The first-order valence-electron chi connectivity index (χ1n) is 5.22. The van der Waals surface area contributed by atoms with Gasteiger partial charge in [-0.3, -0.25) is 4.79 Å². The molecule has 1 aromatic rings. The van der Waals surface area contributed by atoms with Crippen molar-refractivity contribution in [3.05, 3.63) is 34.9 Å². The summed E-state index contributed by atoms with van der Waals surface area (Å²) in [5.74, 6) is -0.385. The molecule has 1 N–H and O–H groups in total. The summed E-state index contributed by atoms with van der Waals surface area (Å²) in [4.78, 5) is 11.2. The van der Waals surface area contributed by atoms with Crippen molar-refractivity contribution in [2.45, 2.75) is 25.9 Å². The normalized spacial score (nSPS) is 12.2. The predicted molar refractivity (Wildman–Crippen MR) is 62.3 cm³/mol. The summed E-state index contributed by atoms with van der Waals surface area (Å²) in [6, 6.07) is 6.75. The van der Waals surface area contributed by atoms with Gasteiger partial charge in [0.05, 0.1) is 19.1 Å². The molecule has 0 saturated carbocycles. The molecule has 16 heavy (non-hydrogen) atoms. The summed E-state index contributed by atoms with van der Waals surface area (Å²) in [6.07, 6.45) is -0.0775. The molecule has 0 aliphatic carbocycles. The monoisotopic (exact) mass is 242 g/mol. The second kappa shape index (κ2) is 6.51. The van der Waals surface area contributed by atoms with Crippen molar-refractivity contribution in [2.75, 3.05) is 6.61 Å². The average molecular weight is 243 g/mol. The van der Waals surface area contributed by atoms with Gasteiger partial charge in [-0.05, 0) is 24.1 Å². The van der Waals surface area contributed by atoms with E-state index in [9.17, 15) is 9.90 Å². The molecule has 1 aromatic carbocycles. The molecule has 3 nitrogen and oxygen atoms in total. The molecular weight excluding hydrogens is 228 g/mol. The minimum atomic E-state index is -0.832. The summed E-state index contributed by atoms with van der Waals surface area (Å²) in [5, 5.41) is 10.3. The van der Waals surface area contributed by atoms with E-state index < -0.39 is 6.10 Å². The summed E-state index contributed by atoms with van der Waals surface area (Å²) >= 11 is 5.72. The highest BCUT2D eigenvalue weighted by molar-refractivity contribution is 6.30. The third kappa shape index (κ3) is 4.21. The maximum absolute atomic E-state index is 11.2. The van der Waals surface area contributed by atoms with E-state index in [-0.39, 0.29) is 12.4 Å². The zero-order valence-corrected chi connectivity index (χ0v) is 9.91. The van der Waals surface area contributed by atoms with Crippen LogP contribution in [0.4, 0.5) is 0 Å². The smallest absolute Gasteiger partial charge is 0.308 e. The molecule has 1 rings (SSSR count). The summed E-state index contributed by atoms with van der Waals surface area (Å²) in [7, 11) is 0. The van der Waals surface area contributed by atoms with Crippen LogP contribution in [0.5, 0.6) is 0 Å². The maximum atomic E-state index is 11.2. The Morgan fingerprint density at radius 2 is 2.06 bits per heavy atom. The molecule has 0 radical (unpaired) electrons. The van der Waals surface area contributed by atoms with Gasteiger partial charge in [-0.15, -0.1) is 0 Å². The predicted octanol–water partition coefficient (Wildman–Crippen LogP) is 2.72. The topological polar surface area (TPSA) is 46.5 Å². The highest BCUT2D eigenvalue weighted by Crippen LogP contribution is 2.19. The number of esters is 1. The fraction of sp³-hybridized carbons (Fsp3) is 0.417. The Bertz CT molecular complexity index is 335. The van der Waals surface area contributed by atoms with E-state index >= 15 is 0 Å². The Morgan fingerprint density at radius 1 is 1.44 bits per heavy atom. The van der Waals surface area contributed by atoms with Gasteiger partial charge in [0.1, 0.15) is 0 Å². The summed E-state index contributed by atoms with van der Waals surface area (Å²) in [6.45, 7) is 2.31. The molecule has 0 saturated heterocycles. The highest BCUT2D eigenvalue weighted by Gasteiger charge is 2.13. The van der Waals surface area contributed by atoms with E-state index in [1.807, 2.05) is 6.92 Å². The molecular formula is C12H15ClO3. The zero-order chi connectivity index (χ0) is 12.0. The fourth-order valence-corrected chi connectivity index (χ4v) is 1.36. The third-order valence-corrected chi connectivity index (χ3v) is 2.33. The van der Waals surface area contributed by atoms with Gasteiger partial charge in [0, 0.05) is 5.02 Å². The van der Waals surface area contributed by atoms with Crippen LogP contribution >= 0.6 is 11.6 Å². The van der Waals surface area contributed by atoms with E-state index in [0.29, 0.717) is 17.2 Å². The fourth-order valence-electron chi connectivity index (χ4n) is 1.24. The highest BCUT2D eigenvalue weighted by atomic mass is 35.5. The first-order valence-corrected chi connectivity index (χ1v) is 5.60. The van der Waals surface area contributed by atoms with Crippen molar-refractivity contribution in [3.63, 3.8) is 0 Å². The largest absolute Gasteiger partial charge is 0.466 e. The molecule has 1 atom stereocenters. The number of hydrogen-bond acceptors (Lipinski definition) is 3. The Hall–Kier alpha value is -1.06. The van der Waals surface area contributed by atoms with E-state index in [0.717, 1.165) is 6.42 Å². The lowest BCUT2D eigenvalue weighted by atomic mass is 10.1. The molecule has 88 valence electrons. The lowest BCUT2D eigenvalue weighted by molar-refractivity contribution is -0.146. The van der Waals surface area contributed by atoms with Crippen molar-refractivity contribution in [3.8, 4) is 0 Å². The van der Waals surface area contributed by atoms with Gasteiger partial charge in [0.2, 0.25) is 0 Å². The zero-order valence-electron chi connectivity index (χ0n) is 9.15. The van der Waals surface area contributed by atoms with Crippen LogP contribution < -0.4 is 0 Å². The van der Waals surface area contributed by atoms with Gasteiger partial charge in [-0.2, -0.15) is 0 Å². The van der Waals surface area contributed by atoms with Gasteiger partial charge in [0.25, 0.3) is 0 Å². The molecule has 0 aliphatic rings. The molecule has 0 amide bonds. The van der Waals surface area contributed by atoms with Crippen LogP contribution in [0.15, 0.2) is 24.3 Å². The van der Waals surface area contributed by atoms with Crippen LogP contribution in [0, 0.1) is 0 Å². The molecule has 0 fully saturated rings.